The second-order valence-corrected chi connectivity index (χ2v) is 7.85. The van der Waals surface area contributed by atoms with Gasteiger partial charge in [-0.25, -0.2) is 13.2 Å². The average molecular weight is 379 g/mol. The molecule has 0 aliphatic rings. The van der Waals surface area contributed by atoms with Crippen LogP contribution in [-0.4, -0.2) is 62.9 Å². The lowest BCUT2D eigenvalue weighted by atomic mass is 10.1. The third-order valence-electron chi connectivity index (χ3n) is 3.02. The van der Waals surface area contributed by atoms with Crippen LogP contribution in [0.15, 0.2) is 21.5 Å². The molecule has 21 heavy (non-hydrogen) atoms. The van der Waals surface area contributed by atoms with Crippen molar-refractivity contribution < 1.29 is 18.3 Å². The van der Waals surface area contributed by atoms with Crippen LogP contribution in [0.25, 0.3) is 0 Å². The lowest BCUT2D eigenvalue weighted by Crippen LogP contribution is -2.33. The van der Waals surface area contributed by atoms with Gasteiger partial charge >= 0.3 is 5.97 Å². The summed E-state index contributed by atoms with van der Waals surface area (Å²) in [6.07, 6.45) is 0. The van der Waals surface area contributed by atoms with E-state index in [1.54, 1.807) is 6.92 Å². The van der Waals surface area contributed by atoms with E-state index in [9.17, 15) is 13.2 Å². The fourth-order valence-electron chi connectivity index (χ4n) is 1.68. The molecule has 1 aromatic carbocycles. The molecule has 0 radical (unpaired) electrons. The highest BCUT2D eigenvalue weighted by molar-refractivity contribution is 9.10. The van der Waals surface area contributed by atoms with E-state index in [4.69, 9.17) is 5.11 Å². The zero-order valence-electron chi connectivity index (χ0n) is 12.4. The van der Waals surface area contributed by atoms with Crippen LogP contribution in [0, 0.1) is 6.92 Å². The molecule has 0 bridgehead atoms. The van der Waals surface area contributed by atoms with Crippen molar-refractivity contribution in [1.82, 2.24) is 9.21 Å². The Balaban J connectivity index is 3.27. The maximum Gasteiger partial charge on any atom is 0.335 e. The van der Waals surface area contributed by atoms with Crippen molar-refractivity contribution in [3.8, 4) is 0 Å². The van der Waals surface area contributed by atoms with Gasteiger partial charge in [-0.2, -0.15) is 4.31 Å². The molecule has 1 rings (SSSR count). The Morgan fingerprint density at radius 2 is 1.81 bits per heavy atom. The lowest BCUT2D eigenvalue weighted by Gasteiger charge is -2.21. The third kappa shape index (κ3) is 4.26. The number of aromatic carboxylic acids is 1. The molecule has 0 heterocycles. The molecular weight excluding hydrogens is 360 g/mol. The molecule has 0 spiro atoms. The van der Waals surface area contributed by atoms with Gasteiger partial charge in [0.05, 0.1) is 10.5 Å². The molecule has 0 aromatic heterocycles. The Morgan fingerprint density at radius 3 is 2.29 bits per heavy atom. The van der Waals surface area contributed by atoms with Gasteiger partial charge in [0.25, 0.3) is 0 Å². The van der Waals surface area contributed by atoms with Gasteiger partial charge < -0.3 is 10.0 Å². The summed E-state index contributed by atoms with van der Waals surface area (Å²) in [4.78, 5) is 12.9. The smallest absolute Gasteiger partial charge is 0.335 e. The van der Waals surface area contributed by atoms with Crippen molar-refractivity contribution >= 4 is 31.9 Å². The van der Waals surface area contributed by atoms with Crippen LogP contribution in [0.4, 0.5) is 0 Å². The van der Waals surface area contributed by atoms with Crippen molar-refractivity contribution in [1.29, 1.82) is 0 Å². The maximum atomic E-state index is 12.6. The second-order valence-electron chi connectivity index (χ2n) is 5.04. The maximum absolute atomic E-state index is 12.6. The number of carboxylic acids is 1. The molecule has 1 aromatic rings. The predicted molar refractivity (Wildman–Crippen MR) is 84.2 cm³/mol. The van der Waals surface area contributed by atoms with Crippen molar-refractivity contribution in [3.05, 3.63) is 27.7 Å². The van der Waals surface area contributed by atoms with E-state index in [1.807, 2.05) is 19.0 Å². The van der Waals surface area contributed by atoms with E-state index >= 15 is 0 Å². The highest BCUT2D eigenvalue weighted by Gasteiger charge is 2.25. The molecule has 0 amide bonds. The van der Waals surface area contributed by atoms with E-state index in [2.05, 4.69) is 15.9 Å². The Labute approximate surface area is 133 Å². The minimum Gasteiger partial charge on any atom is -0.478 e. The van der Waals surface area contributed by atoms with Crippen LogP contribution in [0.3, 0.4) is 0 Å². The number of carbonyl (C=O) groups is 1. The minimum atomic E-state index is -3.75. The minimum absolute atomic E-state index is 0.0267. The van der Waals surface area contributed by atoms with Crippen LogP contribution < -0.4 is 0 Å². The van der Waals surface area contributed by atoms with Crippen molar-refractivity contribution in [3.63, 3.8) is 0 Å². The van der Waals surface area contributed by atoms with E-state index in [-0.39, 0.29) is 10.5 Å². The number of rotatable bonds is 6. The van der Waals surface area contributed by atoms with Gasteiger partial charge in [-0.15, -0.1) is 0 Å². The number of sulfonamides is 1. The summed E-state index contributed by atoms with van der Waals surface area (Å²) in [6.45, 7) is 2.55. The lowest BCUT2D eigenvalue weighted by molar-refractivity contribution is 0.0696. The first-order chi connectivity index (χ1) is 9.57. The first-order valence-electron chi connectivity index (χ1n) is 6.22. The van der Waals surface area contributed by atoms with Crippen molar-refractivity contribution in [2.75, 3.05) is 34.2 Å². The van der Waals surface area contributed by atoms with E-state index in [1.165, 1.54) is 23.5 Å². The van der Waals surface area contributed by atoms with E-state index in [0.717, 1.165) is 0 Å². The van der Waals surface area contributed by atoms with Crippen LogP contribution in [-0.2, 0) is 10.0 Å². The number of halogens is 1. The molecule has 0 fully saturated rings. The Bertz CT molecular complexity index is 644. The quantitative estimate of drug-likeness (QED) is 0.813. The molecule has 6 nitrogen and oxygen atoms in total. The summed E-state index contributed by atoms with van der Waals surface area (Å²) in [7, 11) is 1.44. The average Bonchev–Trinajstić information content (AvgIpc) is 2.38. The summed E-state index contributed by atoms with van der Waals surface area (Å²) in [5.74, 6) is -1.15. The SMILES string of the molecule is Cc1cc(C(=O)O)cc(S(=O)(=O)N(C)CCN(C)C)c1Br. The fraction of sp³-hybridized carbons (Fsp3) is 0.462. The van der Waals surface area contributed by atoms with Gasteiger partial charge in [0.1, 0.15) is 0 Å². The van der Waals surface area contributed by atoms with Crippen LogP contribution in [0.2, 0.25) is 0 Å². The molecule has 0 aliphatic heterocycles. The molecule has 0 saturated heterocycles. The van der Waals surface area contributed by atoms with Gasteiger partial charge in [-0.05, 0) is 54.6 Å². The van der Waals surface area contributed by atoms with Crippen LogP contribution in [0.1, 0.15) is 15.9 Å². The Morgan fingerprint density at radius 1 is 1.24 bits per heavy atom. The second kappa shape index (κ2) is 6.87. The summed E-state index contributed by atoms with van der Waals surface area (Å²) >= 11 is 3.24. The molecule has 8 heteroatoms. The summed E-state index contributed by atoms with van der Waals surface area (Å²) in [6, 6.07) is 2.62. The molecule has 0 atom stereocenters. The summed E-state index contributed by atoms with van der Waals surface area (Å²) in [5, 5.41) is 9.07. The number of likely N-dealkylation sites (N-methyl/N-ethyl adjacent to an activating group) is 2. The fourth-order valence-corrected chi connectivity index (χ4v) is 3.84. The number of aryl methyl sites for hydroxylation is 1. The van der Waals surface area contributed by atoms with Crippen LogP contribution in [0.5, 0.6) is 0 Å². The first-order valence-corrected chi connectivity index (χ1v) is 8.45. The number of benzene rings is 1. The standard InChI is InChI=1S/C13H19BrN2O4S/c1-9-7-10(13(17)18)8-11(12(9)14)21(19,20)16(4)6-5-15(2)3/h7-8H,5-6H2,1-4H3,(H,17,18). The zero-order chi connectivity index (χ0) is 16.4. The van der Waals surface area contributed by atoms with Crippen molar-refractivity contribution in [2.45, 2.75) is 11.8 Å². The Hall–Kier alpha value is -0.960. The third-order valence-corrected chi connectivity index (χ3v) is 6.21. The zero-order valence-corrected chi connectivity index (χ0v) is 14.8. The van der Waals surface area contributed by atoms with Crippen LogP contribution >= 0.6 is 15.9 Å². The first kappa shape index (κ1) is 18.1. The highest BCUT2D eigenvalue weighted by Crippen LogP contribution is 2.29. The van der Waals surface area contributed by atoms with E-state index < -0.39 is 16.0 Å². The molecule has 118 valence electrons. The normalized spacial score (nSPS) is 12.1. The molecule has 0 unspecified atom stereocenters. The number of nitrogens with zero attached hydrogens (tertiary/aromatic N) is 2. The summed E-state index contributed by atoms with van der Waals surface area (Å²) < 4.78 is 26.8. The number of hydrogen-bond acceptors (Lipinski definition) is 4. The summed E-state index contributed by atoms with van der Waals surface area (Å²) in [5.41, 5.74) is 0.518. The van der Waals surface area contributed by atoms with Gasteiger partial charge in [0.2, 0.25) is 10.0 Å². The number of carboxylic acid groups (broad SMARTS) is 1. The van der Waals surface area contributed by atoms with Gasteiger partial charge in [-0.1, -0.05) is 0 Å². The molecule has 0 aliphatic carbocycles. The molecular formula is C13H19BrN2O4S. The Kier molecular flexibility index (Phi) is 5.92. The molecule has 1 N–H and O–H groups in total. The van der Waals surface area contributed by atoms with Crippen molar-refractivity contribution in [2.24, 2.45) is 0 Å². The largest absolute Gasteiger partial charge is 0.478 e. The van der Waals surface area contributed by atoms with Gasteiger partial charge in [0.15, 0.2) is 0 Å². The topological polar surface area (TPSA) is 77.9 Å². The molecule has 0 saturated carbocycles. The monoisotopic (exact) mass is 378 g/mol. The highest BCUT2D eigenvalue weighted by atomic mass is 79.9. The van der Waals surface area contributed by atoms with Gasteiger partial charge in [-0.3, -0.25) is 0 Å². The predicted octanol–water partition coefficient (Wildman–Crippen LogP) is 1.64. The van der Waals surface area contributed by atoms with Gasteiger partial charge in [0, 0.05) is 24.6 Å². The number of hydrogen-bond donors (Lipinski definition) is 1. The van der Waals surface area contributed by atoms with E-state index in [0.29, 0.717) is 23.1 Å².